The summed E-state index contributed by atoms with van der Waals surface area (Å²) in [6.07, 6.45) is 15.5. The lowest BCUT2D eigenvalue weighted by molar-refractivity contribution is 0.851. The first-order chi connectivity index (χ1) is 9.10. The quantitative estimate of drug-likeness (QED) is 0.313. The third-order valence-corrected chi connectivity index (χ3v) is 3.24. The smallest absolute Gasteiger partial charge is 0.0406 e. The van der Waals surface area contributed by atoms with Crippen molar-refractivity contribution in [3.8, 4) is 0 Å². The zero-order chi connectivity index (χ0) is 14.5. The molecule has 0 aliphatic rings. The molecule has 0 aromatic rings. The highest BCUT2D eigenvalue weighted by molar-refractivity contribution is 6.18. The Morgan fingerprint density at radius 2 is 1.53 bits per heavy atom. The Kier molecular flexibility index (Phi) is 11.8. The maximum absolute atomic E-state index is 5.79. The molecule has 0 aromatic heterocycles. The molecular formula is C18H29Cl. The van der Waals surface area contributed by atoms with Crippen LogP contribution in [0.2, 0.25) is 0 Å². The van der Waals surface area contributed by atoms with Crippen molar-refractivity contribution in [1.29, 1.82) is 0 Å². The van der Waals surface area contributed by atoms with E-state index in [0.29, 0.717) is 5.88 Å². The van der Waals surface area contributed by atoms with E-state index < -0.39 is 0 Å². The fourth-order valence-corrected chi connectivity index (χ4v) is 2.14. The van der Waals surface area contributed by atoms with Gasteiger partial charge >= 0.3 is 0 Å². The van der Waals surface area contributed by atoms with E-state index in [2.05, 4.69) is 45.6 Å². The van der Waals surface area contributed by atoms with Crippen molar-refractivity contribution in [2.75, 3.05) is 5.88 Å². The molecule has 0 nitrogen and oxygen atoms in total. The van der Waals surface area contributed by atoms with Crippen molar-refractivity contribution in [2.45, 2.75) is 59.3 Å². The molecule has 0 fully saturated rings. The van der Waals surface area contributed by atoms with E-state index in [4.69, 9.17) is 11.6 Å². The van der Waals surface area contributed by atoms with Gasteiger partial charge in [0.2, 0.25) is 0 Å². The highest BCUT2D eigenvalue weighted by atomic mass is 35.5. The van der Waals surface area contributed by atoms with Crippen LogP contribution >= 0.6 is 11.6 Å². The van der Waals surface area contributed by atoms with Crippen molar-refractivity contribution in [2.24, 2.45) is 0 Å². The molecule has 0 unspecified atom stereocenters. The maximum atomic E-state index is 5.79. The first kappa shape index (κ1) is 18.2. The van der Waals surface area contributed by atoms with Crippen LogP contribution in [0.3, 0.4) is 0 Å². The number of hydrogen-bond donors (Lipinski definition) is 0. The SMILES string of the molecule is C=CCC/C(=C\CCl)CC/C=C(\C)CCC=C(C)C. The highest BCUT2D eigenvalue weighted by Crippen LogP contribution is 2.15. The van der Waals surface area contributed by atoms with Gasteiger partial charge in [0.15, 0.2) is 0 Å². The lowest BCUT2D eigenvalue weighted by Crippen LogP contribution is -1.86. The van der Waals surface area contributed by atoms with E-state index in [1.54, 1.807) is 0 Å². The Hall–Kier alpha value is -0.750. The Balaban J connectivity index is 4.04. The van der Waals surface area contributed by atoms with Crippen molar-refractivity contribution in [3.05, 3.63) is 47.6 Å². The topological polar surface area (TPSA) is 0 Å². The molecule has 0 bridgehead atoms. The second-order valence-electron chi connectivity index (χ2n) is 5.25. The average Bonchev–Trinajstić information content (AvgIpc) is 2.35. The summed E-state index contributed by atoms with van der Waals surface area (Å²) in [6, 6.07) is 0. The van der Waals surface area contributed by atoms with Crippen LogP contribution in [0.5, 0.6) is 0 Å². The Labute approximate surface area is 124 Å². The summed E-state index contributed by atoms with van der Waals surface area (Å²) in [5.74, 6) is 0.621. The molecule has 0 atom stereocenters. The molecule has 0 amide bonds. The Bertz CT molecular complexity index is 328. The third kappa shape index (κ3) is 12.0. The van der Waals surface area contributed by atoms with Gasteiger partial charge in [-0.05, 0) is 59.3 Å². The maximum Gasteiger partial charge on any atom is 0.0406 e. The molecule has 0 saturated carbocycles. The predicted molar refractivity (Wildman–Crippen MR) is 89.9 cm³/mol. The fourth-order valence-electron chi connectivity index (χ4n) is 1.92. The lowest BCUT2D eigenvalue weighted by atomic mass is 10.0. The van der Waals surface area contributed by atoms with Crippen LogP contribution in [0, 0.1) is 0 Å². The zero-order valence-electron chi connectivity index (χ0n) is 12.8. The summed E-state index contributed by atoms with van der Waals surface area (Å²) in [4.78, 5) is 0. The van der Waals surface area contributed by atoms with Gasteiger partial charge in [0.1, 0.15) is 0 Å². The summed E-state index contributed by atoms with van der Waals surface area (Å²) in [5, 5.41) is 0. The van der Waals surface area contributed by atoms with E-state index in [1.807, 2.05) is 6.08 Å². The van der Waals surface area contributed by atoms with Crippen molar-refractivity contribution in [1.82, 2.24) is 0 Å². The summed E-state index contributed by atoms with van der Waals surface area (Å²) in [7, 11) is 0. The summed E-state index contributed by atoms with van der Waals surface area (Å²) in [6.45, 7) is 10.3. The first-order valence-electron chi connectivity index (χ1n) is 7.24. The highest BCUT2D eigenvalue weighted by Gasteiger charge is 1.96. The average molecular weight is 281 g/mol. The molecular weight excluding hydrogens is 252 g/mol. The van der Waals surface area contributed by atoms with Gasteiger partial charge in [-0.15, -0.1) is 18.2 Å². The minimum Gasteiger partial charge on any atom is -0.122 e. The standard InChI is InChI=1S/C18H29Cl/c1-5-6-12-18(14-15-19)13-8-11-17(4)10-7-9-16(2)3/h5,9,11,14H,1,6-8,10,12-13,15H2,2-4H3/b17-11+,18-14+. The third-order valence-electron chi connectivity index (χ3n) is 3.08. The van der Waals surface area contributed by atoms with Crippen LogP contribution in [-0.4, -0.2) is 5.88 Å². The minimum absolute atomic E-state index is 0.621. The van der Waals surface area contributed by atoms with Gasteiger partial charge in [0.25, 0.3) is 0 Å². The van der Waals surface area contributed by atoms with E-state index in [1.165, 1.54) is 23.1 Å². The van der Waals surface area contributed by atoms with Crippen molar-refractivity contribution < 1.29 is 0 Å². The predicted octanol–water partition coefficient (Wildman–Crippen LogP) is 6.59. The first-order valence-corrected chi connectivity index (χ1v) is 7.77. The molecule has 0 radical (unpaired) electrons. The van der Waals surface area contributed by atoms with Crippen LogP contribution in [-0.2, 0) is 0 Å². The van der Waals surface area contributed by atoms with Gasteiger partial charge in [-0.3, -0.25) is 0 Å². The number of halogens is 1. The van der Waals surface area contributed by atoms with Crippen LogP contribution in [0.4, 0.5) is 0 Å². The van der Waals surface area contributed by atoms with E-state index in [9.17, 15) is 0 Å². The zero-order valence-corrected chi connectivity index (χ0v) is 13.6. The second-order valence-corrected chi connectivity index (χ2v) is 5.56. The second kappa shape index (κ2) is 12.3. The Morgan fingerprint density at radius 3 is 2.11 bits per heavy atom. The molecule has 0 aliphatic heterocycles. The molecule has 0 N–H and O–H groups in total. The summed E-state index contributed by atoms with van der Waals surface area (Å²) >= 11 is 5.79. The molecule has 0 saturated heterocycles. The number of alkyl halides is 1. The molecule has 0 aliphatic carbocycles. The molecule has 0 heterocycles. The molecule has 1 heteroatoms. The largest absolute Gasteiger partial charge is 0.122 e. The van der Waals surface area contributed by atoms with Crippen molar-refractivity contribution in [3.63, 3.8) is 0 Å². The minimum atomic E-state index is 0.621. The number of hydrogen-bond acceptors (Lipinski definition) is 0. The van der Waals surface area contributed by atoms with E-state index in [-0.39, 0.29) is 0 Å². The van der Waals surface area contributed by atoms with Gasteiger partial charge in [0.05, 0.1) is 0 Å². The van der Waals surface area contributed by atoms with Gasteiger partial charge in [-0.1, -0.05) is 41.0 Å². The van der Waals surface area contributed by atoms with Gasteiger partial charge in [-0.25, -0.2) is 0 Å². The molecule has 19 heavy (non-hydrogen) atoms. The normalized spacial score (nSPS) is 12.4. The van der Waals surface area contributed by atoms with Crippen LogP contribution in [0.15, 0.2) is 47.6 Å². The van der Waals surface area contributed by atoms with Gasteiger partial charge in [0, 0.05) is 5.88 Å². The van der Waals surface area contributed by atoms with Crippen LogP contribution in [0.25, 0.3) is 0 Å². The van der Waals surface area contributed by atoms with Crippen LogP contribution < -0.4 is 0 Å². The number of rotatable bonds is 10. The van der Waals surface area contributed by atoms with Gasteiger partial charge in [-0.2, -0.15) is 0 Å². The summed E-state index contributed by atoms with van der Waals surface area (Å²) in [5.41, 5.74) is 4.36. The van der Waals surface area contributed by atoms with Crippen LogP contribution in [0.1, 0.15) is 59.3 Å². The monoisotopic (exact) mass is 280 g/mol. The molecule has 108 valence electrons. The summed E-state index contributed by atoms with van der Waals surface area (Å²) < 4.78 is 0. The van der Waals surface area contributed by atoms with Gasteiger partial charge < -0.3 is 0 Å². The Morgan fingerprint density at radius 1 is 0.895 bits per heavy atom. The van der Waals surface area contributed by atoms with E-state index in [0.717, 1.165) is 32.1 Å². The molecule has 0 aromatic carbocycles. The lowest BCUT2D eigenvalue weighted by Gasteiger charge is -2.05. The molecule has 0 rings (SSSR count). The van der Waals surface area contributed by atoms with E-state index >= 15 is 0 Å². The van der Waals surface area contributed by atoms with Crippen molar-refractivity contribution >= 4 is 11.6 Å². The molecule has 0 spiro atoms. The fraction of sp³-hybridized carbons (Fsp3) is 0.556. The number of allylic oxidation sites excluding steroid dienone is 7.